The normalized spacial score (nSPS) is 14.1. The van der Waals surface area contributed by atoms with Crippen LogP contribution in [0.2, 0.25) is 0 Å². The number of amides is 2. The number of para-hydroxylation sites is 1. The monoisotopic (exact) mass is 537 g/mol. The molecule has 1 aliphatic rings. The van der Waals surface area contributed by atoms with Crippen molar-refractivity contribution in [3.8, 4) is 11.5 Å². The molecule has 0 bridgehead atoms. The number of carbonyl (C=O) groups excluding carboxylic acids is 2. The summed E-state index contributed by atoms with van der Waals surface area (Å²) in [5.74, 6) is 1.36. The summed E-state index contributed by atoms with van der Waals surface area (Å²) in [6.07, 6.45) is 4.10. The number of aryl methyl sites for hydroxylation is 1. The van der Waals surface area contributed by atoms with Gasteiger partial charge < -0.3 is 24.6 Å². The third-order valence-corrected chi connectivity index (χ3v) is 7.01. The Labute approximate surface area is 232 Å². The third kappa shape index (κ3) is 5.97. The van der Waals surface area contributed by atoms with Crippen molar-refractivity contribution in [1.29, 1.82) is 0 Å². The molecule has 3 atom stereocenters. The van der Waals surface area contributed by atoms with Crippen LogP contribution < -0.4 is 15.0 Å². The molecule has 0 saturated heterocycles. The Kier molecular flexibility index (Phi) is 8.07. The number of anilines is 2. The molecule has 0 aliphatic carbocycles. The van der Waals surface area contributed by atoms with Gasteiger partial charge in [-0.1, -0.05) is 72.8 Å². The number of hydrogen-bond donors (Lipinski definition) is 2. The van der Waals surface area contributed by atoms with Crippen molar-refractivity contribution in [1.82, 2.24) is 5.16 Å². The average Bonchev–Trinajstić information content (AvgIpc) is 3.27. The maximum Gasteiger partial charge on any atom is 0.228 e. The van der Waals surface area contributed by atoms with Crippen LogP contribution in [0.15, 0.2) is 83.4 Å². The van der Waals surface area contributed by atoms with E-state index in [1.165, 1.54) is 0 Å². The molecule has 8 heteroatoms. The van der Waals surface area contributed by atoms with E-state index in [0.717, 1.165) is 28.8 Å². The molecular weight excluding hydrogens is 506 g/mol. The fourth-order valence-corrected chi connectivity index (χ4v) is 4.91. The van der Waals surface area contributed by atoms with Gasteiger partial charge in [0, 0.05) is 23.1 Å². The van der Waals surface area contributed by atoms with Crippen LogP contribution in [-0.2, 0) is 16.0 Å². The fraction of sp³-hybridized carbons (Fsp3) is 0.219. The van der Waals surface area contributed by atoms with Crippen molar-refractivity contribution < 1.29 is 24.0 Å². The highest BCUT2D eigenvalue weighted by molar-refractivity contribution is 5.91. The zero-order valence-electron chi connectivity index (χ0n) is 22.4. The maximum absolute atomic E-state index is 12.9. The third-order valence-electron chi connectivity index (χ3n) is 7.01. The maximum atomic E-state index is 12.9. The molecule has 0 spiro atoms. The first-order chi connectivity index (χ1) is 19.4. The molecule has 1 aliphatic heterocycles. The summed E-state index contributed by atoms with van der Waals surface area (Å²) in [5.41, 5.74) is 3.20. The van der Waals surface area contributed by atoms with Crippen molar-refractivity contribution in [3.63, 3.8) is 0 Å². The molecule has 2 heterocycles. The van der Waals surface area contributed by atoms with Gasteiger partial charge >= 0.3 is 0 Å². The Morgan fingerprint density at radius 2 is 1.77 bits per heavy atom. The number of rotatable bonds is 10. The van der Waals surface area contributed by atoms with E-state index in [-0.39, 0.29) is 12.3 Å². The number of nitrogens with zero attached hydrogens (tertiary/aromatic N) is 2. The van der Waals surface area contributed by atoms with Gasteiger partial charge in [0.2, 0.25) is 12.3 Å². The smallest absolute Gasteiger partial charge is 0.228 e. The molecule has 5 rings (SSSR count). The van der Waals surface area contributed by atoms with E-state index in [2.05, 4.69) is 10.5 Å². The van der Waals surface area contributed by atoms with Crippen LogP contribution in [0.4, 0.5) is 11.5 Å². The van der Waals surface area contributed by atoms with Gasteiger partial charge in [-0.3, -0.25) is 9.59 Å². The second-order valence-corrected chi connectivity index (χ2v) is 9.95. The number of nitrogens with one attached hydrogen (secondary N) is 1. The number of benzene rings is 3. The lowest BCUT2D eigenvalue weighted by atomic mass is 9.92. The molecule has 8 nitrogen and oxygen atoms in total. The first-order valence-corrected chi connectivity index (χ1v) is 13.2. The summed E-state index contributed by atoms with van der Waals surface area (Å²) in [4.78, 5) is 27.2. The molecule has 0 saturated carbocycles. The van der Waals surface area contributed by atoms with Gasteiger partial charge in [-0.05, 0) is 49.6 Å². The van der Waals surface area contributed by atoms with E-state index < -0.39 is 18.1 Å². The number of hydrogen-bond acceptors (Lipinski definition) is 6. The molecule has 1 aromatic heterocycles. The highest BCUT2D eigenvalue weighted by Crippen LogP contribution is 2.39. The predicted octanol–water partition coefficient (Wildman–Crippen LogP) is 5.86. The van der Waals surface area contributed by atoms with E-state index in [4.69, 9.17) is 9.26 Å². The lowest BCUT2D eigenvalue weighted by Gasteiger charge is -2.34. The Balaban J connectivity index is 1.45. The minimum Gasteiger partial charge on any atom is -0.456 e. The van der Waals surface area contributed by atoms with Crippen LogP contribution in [0, 0.1) is 12.8 Å². The summed E-state index contributed by atoms with van der Waals surface area (Å²) in [5, 5.41) is 18.1. The quantitative estimate of drug-likeness (QED) is 0.216. The van der Waals surface area contributed by atoms with E-state index in [9.17, 15) is 14.7 Å². The lowest BCUT2D eigenvalue weighted by Crippen LogP contribution is -2.46. The van der Waals surface area contributed by atoms with E-state index in [1.807, 2.05) is 84.9 Å². The van der Waals surface area contributed by atoms with Crippen LogP contribution in [0.3, 0.4) is 0 Å². The Morgan fingerprint density at radius 3 is 2.52 bits per heavy atom. The summed E-state index contributed by atoms with van der Waals surface area (Å²) in [6, 6.07) is 23.9. The van der Waals surface area contributed by atoms with E-state index >= 15 is 0 Å². The number of aliphatic hydroxyl groups excluding tert-OH is 1. The molecule has 4 aromatic rings. The van der Waals surface area contributed by atoms with Gasteiger partial charge in [-0.2, -0.15) is 0 Å². The van der Waals surface area contributed by atoms with E-state index in [1.54, 1.807) is 24.8 Å². The standard InChI is InChI=1S/C32H31N3O5/c1-21(32(38)33-31-18-22(2)40-34-31)17-28(37)27(19-23-9-4-3-5-10-23)35(20-36)26-12-8-14-30-25(26)16-15-24-11-6-7-13-29(24)39-30/h3-16,18,20-21,27-28,37H,17,19H2,1-2H3,(H,33,34,38)/t21-,27+,28+/m1/s1. The lowest BCUT2D eigenvalue weighted by molar-refractivity contribution is -0.120. The number of ether oxygens (including phenoxy) is 1. The highest BCUT2D eigenvalue weighted by atomic mass is 16.5. The van der Waals surface area contributed by atoms with Gasteiger partial charge in [0.1, 0.15) is 17.3 Å². The van der Waals surface area contributed by atoms with Crippen LogP contribution >= 0.6 is 0 Å². The Bertz CT molecular complexity index is 1510. The molecule has 0 fully saturated rings. The SMILES string of the molecule is Cc1cc(NC(=O)[C@H](C)C[C@H](O)[C@H](Cc2ccccc2)N(C=O)c2cccc3c2C=Cc2ccccc2O3)no1. The second-order valence-electron chi connectivity index (χ2n) is 9.95. The molecule has 204 valence electrons. The van der Waals surface area contributed by atoms with Gasteiger partial charge in [0.15, 0.2) is 5.82 Å². The van der Waals surface area contributed by atoms with Crippen LogP contribution in [0.5, 0.6) is 11.5 Å². The molecule has 2 N–H and O–H groups in total. The molecule has 0 radical (unpaired) electrons. The largest absolute Gasteiger partial charge is 0.456 e. The average molecular weight is 538 g/mol. The Morgan fingerprint density at radius 1 is 1.02 bits per heavy atom. The number of fused-ring (bicyclic) bond motifs is 2. The van der Waals surface area contributed by atoms with Gasteiger partial charge in [0.25, 0.3) is 0 Å². The number of aliphatic hydroxyl groups is 1. The summed E-state index contributed by atoms with van der Waals surface area (Å²) < 4.78 is 11.2. The Hall–Kier alpha value is -4.69. The van der Waals surface area contributed by atoms with Crippen molar-refractivity contribution >= 4 is 36.0 Å². The molecular formula is C32H31N3O5. The summed E-state index contributed by atoms with van der Waals surface area (Å²) in [6.45, 7) is 3.47. The summed E-state index contributed by atoms with van der Waals surface area (Å²) in [7, 11) is 0. The highest BCUT2D eigenvalue weighted by Gasteiger charge is 2.31. The minimum absolute atomic E-state index is 0.122. The van der Waals surface area contributed by atoms with Gasteiger partial charge in [-0.25, -0.2) is 0 Å². The van der Waals surface area contributed by atoms with Crippen LogP contribution in [-0.4, -0.2) is 34.7 Å². The minimum atomic E-state index is -1.02. The second kappa shape index (κ2) is 12.0. The van der Waals surface area contributed by atoms with E-state index in [0.29, 0.717) is 29.4 Å². The van der Waals surface area contributed by atoms with Gasteiger partial charge in [-0.15, -0.1) is 0 Å². The zero-order valence-corrected chi connectivity index (χ0v) is 22.4. The summed E-state index contributed by atoms with van der Waals surface area (Å²) >= 11 is 0. The number of aromatic nitrogens is 1. The van der Waals surface area contributed by atoms with Crippen LogP contribution in [0.25, 0.3) is 12.2 Å². The first kappa shape index (κ1) is 26.9. The van der Waals surface area contributed by atoms with Crippen molar-refractivity contribution in [2.24, 2.45) is 5.92 Å². The zero-order chi connectivity index (χ0) is 28.1. The molecule has 0 unspecified atom stereocenters. The van der Waals surface area contributed by atoms with Crippen molar-refractivity contribution in [3.05, 3.63) is 101 Å². The van der Waals surface area contributed by atoms with Gasteiger partial charge in [0.05, 0.1) is 17.8 Å². The molecule has 3 aromatic carbocycles. The predicted molar refractivity (Wildman–Crippen MR) is 154 cm³/mol. The number of carbonyl (C=O) groups is 2. The van der Waals surface area contributed by atoms with Crippen molar-refractivity contribution in [2.45, 2.75) is 38.8 Å². The van der Waals surface area contributed by atoms with Crippen molar-refractivity contribution in [2.75, 3.05) is 10.2 Å². The molecule has 2 amide bonds. The topological polar surface area (TPSA) is 105 Å². The molecule has 40 heavy (non-hydrogen) atoms. The fourth-order valence-electron chi connectivity index (χ4n) is 4.91. The first-order valence-electron chi connectivity index (χ1n) is 13.2. The van der Waals surface area contributed by atoms with Crippen LogP contribution in [0.1, 0.15) is 35.8 Å².